The summed E-state index contributed by atoms with van der Waals surface area (Å²) in [5, 5.41) is 11.7. The first-order valence-electron chi connectivity index (χ1n) is 13.9. The first kappa shape index (κ1) is 26.4. The predicted molar refractivity (Wildman–Crippen MR) is 160 cm³/mol. The third kappa shape index (κ3) is 4.31. The molecule has 43 heavy (non-hydrogen) atoms. The quantitative estimate of drug-likeness (QED) is 0.216. The number of nitrogens with one attached hydrogen (secondary N) is 2. The SMILES string of the molecule is C=C1CCc2cc(-c3nc(C4C5CC5c5cc(-c6cc(Cl)ccc6-n6cc(C(F)F)nn6)cc(=O)n54)[nH]c3Cl)ccc2N1. The van der Waals surface area contributed by atoms with E-state index in [9.17, 15) is 13.6 Å². The van der Waals surface area contributed by atoms with Crippen LogP contribution in [0.1, 0.15) is 54.0 Å². The second-order valence-corrected chi connectivity index (χ2v) is 12.1. The van der Waals surface area contributed by atoms with Crippen molar-refractivity contribution in [1.29, 1.82) is 0 Å². The van der Waals surface area contributed by atoms with E-state index in [-0.39, 0.29) is 23.4 Å². The average Bonchev–Trinajstić information content (AvgIpc) is 3.28. The molecule has 0 spiro atoms. The van der Waals surface area contributed by atoms with Gasteiger partial charge in [-0.15, -0.1) is 5.10 Å². The molecule has 2 N–H and O–H groups in total. The van der Waals surface area contributed by atoms with E-state index in [1.165, 1.54) is 22.5 Å². The van der Waals surface area contributed by atoms with E-state index >= 15 is 0 Å². The molecule has 12 heteroatoms. The van der Waals surface area contributed by atoms with E-state index in [0.717, 1.165) is 41.9 Å². The van der Waals surface area contributed by atoms with Crippen LogP contribution in [0.15, 0.2) is 71.8 Å². The maximum Gasteiger partial charge on any atom is 0.283 e. The third-order valence-corrected chi connectivity index (χ3v) is 9.11. The monoisotopic (exact) mass is 617 g/mol. The number of anilines is 1. The lowest BCUT2D eigenvalue weighted by atomic mass is 9.98. The molecule has 3 atom stereocenters. The summed E-state index contributed by atoms with van der Waals surface area (Å²) in [4.78, 5) is 21.9. The Balaban J connectivity index is 1.17. The van der Waals surface area contributed by atoms with Crippen molar-refractivity contribution in [3.63, 3.8) is 0 Å². The minimum Gasteiger partial charge on any atom is -0.359 e. The average molecular weight is 618 g/mol. The molecule has 5 heterocycles. The molecule has 0 saturated heterocycles. The number of nitrogens with zero attached hydrogens (tertiary/aromatic N) is 5. The summed E-state index contributed by atoms with van der Waals surface area (Å²) in [5.41, 5.74) is 6.74. The van der Waals surface area contributed by atoms with Crippen LogP contribution in [0.2, 0.25) is 10.2 Å². The summed E-state index contributed by atoms with van der Waals surface area (Å²) in [7, 11) is 0. The van der Waals surface area contributed by atoms with Crippen molar-refractivity contribution in [3.8, 4) is 28.1 Å². The van der Waals surface area contributed by atoms with E-state index in [0.29, 0.717) is 38.5 Å². The van der Waals surface area contributed by atoms with Crippen molar-refractivity contribution >= 4 is 28.9 Å². The van der Waals surface area contributed by atoms with Crippen LogP contribution in [-0.2, 0) is 6.42 Å². The molecule has 0 radical (unpaired) electrons. The highest BCUT2D eigenvalue weighted by Gasteiger charge is 2.54. The molecule has 216 valence electrons. The maximum absolute atomic E-state index is 13.7. The standard InChI is InChI=1S/C31H23Cl2F2N7O/c1-14-2-3-15-8-16(4-6-22(15)36-14)27-29(33)38-31(37-27)28-21-12-20(21)25-9-17(10-26(43)42(25)28)19-11-18(32)5-7-24(19)41-13-23(30(34)35)39-40-41/h4-11,13,20-21,28,30,36H,1-3,12H2,(H,37,38). The van der Waals surface area contributed by atoms with E-state index in [4.69, 9.17) is 28.2 Å². The topological polar surface area (TPSA) is 93.4 Å². The fraction of sp³-hybridized carbons (Fsp3) is 0.226. The lowest BCUT2D eigenvalue weighted by molar-refractivity contribution is 0.146. The van der Waals surface area contributed by atoms with Crippen molar-refractivity contribution in [2.24, 2.45) is 5.92 Å². The van der Waals surface area contributed by atoms with Crippen molar-refractivity contribution in [2.75, 3.05) is 5.32 Å². The number of imidazole rings is 1. The molecule has 3 aliphatic rings. The van der Waals surface area contributed by atoms with Crippen LogP contribution >= 0.6 is 23.2 Å². The van der Waals surface area contributed by atoms with Gasteiger partial charge < -0.3 is 14.9 Å². The molecule has 5 aromatic rings. The molecule has 1 fully saturated rings. The normalized spacial score (nSPS) is 20.1. The fourth-order valence-electron chi connectivity index (χ4n) is 6.50. The van der Waals surface area contributed by atoms with Gasteiger partial charge in [-0.2, -0.15) is 0 Å². The van der Waals surface area contributed by atoms with Crippen LogP contribution in [0.4, 0.5) is 14.5 Å². The number of pyridine rings is 1. The molecule has 0 amide bonds. The fourth-order valence-corrected chi connectivity index (χ4v) is 6.92. The zero-order valence-electron chi connectivity index (χ0n) is 22.5. The van der Waals surface area contributed by atoms with Gasteiger partial charge in [0, 0.05) is 45.2 Å². The summed E-state index contributed by atoms with van der Waals surface area (Å²) in [6, 6.07) is 14.4. The molecular weight excluding hydrogens is 595 g/mol. The third-order valence-electron chi connectivity index (χ3n) is 8.60. The first-order chi connectivity index (χ1) is 20.7. The number of H-pyrrole nitrogens is 1. The van der Waals surface area contributed by atoms with E-state index in [1.807, 2.05) is 18.2 Å². The van der Waals surface area contributed by atoms with Gasteiger partial charge >= 0.3 is 0 Å². The van der Waals surface area contributed by atoms with Crippen molar-refractivity contribution in [2.45, 2.75) is 37.6 Å². The van der Waals surface area contributed by atoms with Crippen LogP contribution in [0.25, 0.3) is 28.1 Å². The second kappa shape index (κ2) is 9.62. The summed E-state index contributed by atoms with van der Waals surface area (Å²) in [6.07, 6.45) is 1.10. The highest BCUT2D eigenvalue weighted by Crippen LogP contribution is 2.60. The van der Waals surface area contributed by atoms with Crippen LogP contribution in [0.5, 0.6) is 0 Å². The highest BCUT2D eigenvalue weighted by molar-refractivity contribution is 6.32. The van der Waals surface area contributed by atoms with Gasteiger partial charge in [0.15, 0.2) is 0 Å². The van der Waals surface area contributed by atoms with Gasteiger partial charge in [0.2, 0.25) is 0 Å². The predicted octanol–water partition coefficient (Wildman–Crippen LogP) is 7.31. The highest BCUT2D eigenvalue weighted by atomic mass is 35.5. The molecule has 3 aromatic heterocycles. The van der Waals surface area contributed by atoms with Crippen molar-refractivity contribution in [3.05, 3.63) is 110 Å². The van der Waals surface area contributed by atoms with Gasteiger partial charge in [0.05, 0.1) is 17.9 Å². The molecule has 3 unspecified atom stereocenters. The molecule has 0 bridgehead atoms. The Morgan fingerprint density at radius 1 is 1.05 bits per heavy atom. The Morgan fingerprint density at radius 3 is 2.72 bits per heavy atom. The van der Waals surface area contributed by atoms with Crippen LogP contribution in [0.3, 0.4) is 0 Å². The Kier molecular flexibility index (Phi) is 5.89. The van der Waals surface area contributed by atoms with Gasteiger partial charge in [0.1, 0.15) is 22.4 Å². The maximum atomic E-state index is 13.7. The number of halogens is 4. The molecular formula is C31H23Cl2F2N7O. The Morgan fingerprint density at radius 2 is 1.91 bits per heavy atom. The number of benzene rings is 2. The zero-order chi connectivity index (χ0) is 29.6. The molecule has 2 aliphatic heterocycles. The van der Waals surface area contributed by atoms with Gasteiger partial charge in [-0.05, 0) is 72.7 Å². The van der Waals surface area contributed by atoms with Gasteiger partial charge in [-0.3, -0.25) is 4.79 Å². The Bertz CT molecular complexity index is 2030. The van der Waals surface area contributed by atoms with Crippen LogP contribution in [0, 0.1) is 5.92 Å². The lowest BCUT2D eigenvalue weighted by Gasteiger charge is -2.20. The largest absolute Gasteiger partial charge is 0.359 e. The number of aromatic nitrogens is 6. The van der Waals surface area contributed by atoms with Gasteiger partial charge in [-0.1, -0.05) is 41.1 Å². The van der Waals surface area contributed by atoms with E-state index in [2.05, 4.69) is 33.3 Å². The molecule has 8 rings (SSSR count). The molecule has 1 aliphatic carbocycles. The Labute approximate surface area is 254 Å². The number of fused-ring (bicyclic) bond motifs is 4. The number of alkyl halides is 2. The number of aromatic amines is 1. The minimum absolute atomic E-state index is 0.187. The number of aryl methyl sites for hydroxylation is 1. The van der Waals surface area contributed by atoms with Crippen LogP contribution in [-0.4, -0.2) is 29.5 Å². The summed E-state index contributed by atoms with van der Waals surface area (Å²) in [6.45, 7) is 4.03. The number of rotatable bonds is 5. The number of hydrogen-bond acceptors (Lipinski definition) is 5. The van der Waals surface area contributed by atoms with Gasteiger partial charge in [-0.25, -0.2) is 18.4 Å². The van der Waals surface area contributed by atoms with E-state index < -0.39 is 12.1 Å². The van der Waals surface area contributed by atoms with Crippen LogP contribution < -0.4 is 10.9 Å². The first-order valence-corrected chi connectivity index (χ1v) is 14.6. The number of hydrogen-bond donors (Lipinski definition) is 2. The van der Waals surface area contributed by atoms with E-state index in [1.54, 1.807) is 22.8 Å². The zero-order valence-corrected chi connectivity index (χ0v) is 24.0. The van der Waals surface area contributed by atoms with Gasteiger partial charge in [0.25, 0.3) is 12.0 Å². The van der Waals surface area contributed by atoms with Crippen molar-refractivity contribution < 1.29 is 8.78 Å². The second-order valence-electron chi connectivity index (χ2n) is 11.3. The number of allylic oxidation sites excluding steroid dienone is 1. The molecule has 1 saturated carbocycles. The molecule has 8 nitrogen and oxygen atoms in total. The summed E-state index contributed by atoms with van der Waals surface area (Å²) < 4.78 is 29.5. The smallest absolute Gasteiger partial charge is 0.283 e. The summed E-state index contributed by atoms with van der Waals surface area (Å²) >= 11 is 13.0. The Hall–Kier alpha value is -4.28. The summed E-state index contributed by atoms with van der Waals surface area (Å²) in [5.74, 6) is 1.04. The molecule has 2 aromatic carbocycles. The van der Waals surface area contributed by atoms with Crippen molar-refractivity contribution in [1.82, 2.24) is 29.5 Å². The lowest BCUT2D eigenvalue weighted by Crippen LogP contribution is -2.26. The minimum atomic E-state index is -2.75.